The first-order valence-electron chi connectivity index (χ1n) is 11.5. The SMILES string of the molecule is CNC1Cc2ccccc2C1(Cc1cccc(C(F)(F)F)c1)C1CN(S(=O)(=O)CC2CC2)C1. The minimum Gasteiger partial charge on any atom is -0.316 e. The number of fused-ring (bicyclic) bond motifs is 1. The van der Waals surface area contributed by atoms with Gasteiger partial charge in [-0.15, -0.1) is 0 Å². The third-order valence-corrected chi connectivity index (χ3v) is 9.75. The topological polar surface area (TPSA) is 49.4 Å². The highest BCUT2D eigenvalue weighted by atomic mass is 32.2. The number of hydrogen-bond donors (Lipinski definition) is 1. The zero-order chi connectivity index (χ0) is 23.4. The van der Waals surface area contributed by atoms with Crippen molar-refractivity contribution < 1.29 is 21.6 Å². The van der Waals surface area contributed by atoms with Gasteiger partial charge in [-0.1, -0.05) is 42.5 Å². The van der Waals surface area contributed by atoms with Gasteiger partial charge in [0.1, 0.15) is 0 Å². The highest BCUT2D eigenvalue weighted by Crippen LogP contribution is 2.50. The number of hydrogen-bond acceptors (Lipinski definition) is 3. The Balaban J connectivity index is 1.51. The molecule has 0 aromatic heterocycles. The van der Waals surface area contributed by atoms with Crippen LogP contribution in [0.25, 0.3) is 0 Å². The fourth-order valence-corrected chi connectivity index (χ4v) is 7.80. The first-order chi connectivity index (χ1) is 15.6. The predicted octanol–water partition coefficient (Wildman–Crippen LogP) is 4.00. The molecule has 0 spiro atoms. The van der Waals surface area contributed by atoms with E-state index >= 15 is 0 Å². The zero-order valence-corrected chi connectivity index (χ0v) is 19.4. The van der Waals surface area contributed by atoms with Gasteiger partial charge in [0.2, 0.25) is 10.0 Å². The van der Waals surface area contributed by atoms with Crippen LogP contribution in [0, 0.1) is 11.8 Å². The molecule has 2 aliphatic carbocycles. The number of rotatable bonds is 7. The van der Waals surface area contributed by atoms with Crippen molar-refractivity contribution in [3.63, 3.8) is 0 Å². The Kier molecular flexibility index (Phi) is 5.61. The Bertz CT molecular complexity index is 1140. The second-order valence-corrected chi connectivity index (χ2v) is 11.9. The summed E-state index contributed by atoms with van der Waals surface area (Å²) in [4.78, 5) is 0. The molecule has 5 rings (SSSR count). The van der Waals surface area contributed by atoms with Gasteiger partial charge < -0.3 is 5.32 Å². The van der Waals surface area contributed by atoms with E-state index in [4.69, 9.17) is 0 Å². The quantitative estimate of drug-likeness (QED) is 0.655. The molecule has 2 aromatic rings. The van der Waals surface area contributed by atoms with Crippen molar-refractivity contribution >= 4 is 10.0 Å². The van der Waals surface area contributed by atoms with E-state index in [0.29, 0.717) is 25.1 Å². The molecule has 1 heterocycles. The Hall–Kier alpha value is -1.90. The van der Waals surface area contributed by atoms with Gasteiger partial charge in [0.25, 0.3) is 0 Å². The van der Waals surface area contributed by atoms with Crippen LogP contribution in [0.5, 0.6) is 0 Å². The summed E-state index contributed by atoms with van der Waals surface area (Å²) >= 11 is 0. The molecular formula is C25H29F3N2O2S. The van der Waals surface area contributed by atoms with E-state index in [2.05, 4.69) is 17.4 Å². The van der Waals surface area contributed by atoms with E-state index in [0.717, 1.165) is 30.9 Å². The maximum Gasteiger partial charge on any atom is 0.416 e. The highest BCUT2D eigenvalue weighted by molar-refractivity contribution is 7.89. The molecule has 1 N–H and O–H groups in total. The van der Waals surface area contributed by atoms with Crippen LogP contribution in [-0.4, -0.2) is 44.7 Å². The van der Waals surface area contributed by atoms with E-state index in [1.165, 1.54) is 17.7 Å². The number of alkyl halides is 3. The first-order valence-corrected chi connectivity index (χ1v) is 13.1. The zero-order valence-electron chi connectivity index (χ0n) is 18.6. The van der Waals surface area contributed by atoms with E-state index in [-0.39, 0.29) is 23.6 Å². The number of likely N-dealkylation sites (N-methyl/N-ethyl adjacent to an activating group) is 1. The van der Waals surface area contributed by atoms with Crippen LogP contribution in [-0.2, 0) is 34.5 Å². The summed E-state index contributed by atoms with van der Waals surface area (Å²) in [7, 11) is -1.40. The molecular weight excluding hydrogens is 449 g/mol. The summed E-state index contributed by atoms with van der Waals surface area (Å²) in [5.74, 6) is 0.527. The van der Waals surface area contributed by atoms with Crippen LogP contribution in [0.15, 0.2) is 48.5 Å². The third-order valence-electron chi connectivity index (χ3n) is 7.78. The maximum atomic E-state index is 13.4. The minimum absolute atomic E-state index is 0.0164. The van der Waals surface area contributed by atoms with Gasteiger partial charge in [-0.3, -0.25) is 0 Å². The number of nitrogens with one attached hydrogen (secondary N) is 1. The monoisotopic (exact) mass is 478 g/mol. The fourth-order valence-electron chi connectivity index (χ4n) is 5.84. The molecule has 2 fully saturated rings. The molecule has 0 bridgehead atoms. The summed E-state index contributed by atoms with van der Waals surface area (Å²) in [6.07, 6.45) is -1.24. The predicted molar refractivity (Wildman–Crippen MR) is 121 cm³/mol. The fraction of sp³-hybridized carbons (Fsp3) is 0.520. The molecule has 1 saturated carbocycles. The summed E-state index contributed by atoms with van der Waals surface area (Å²) in [6.45, 7) is 0.834. The van der Waals surface area contributed by atoms with E-state index < -0.39 is 27.2 Å². The van der Waals surface area contributed by atoms with Crippen molar-refractivity contribution in [3.8, 4) is 0 Å². The molecule has 178 valence electrons. The molecule has 1 aliphatic heterocycles. The molecule has 1 saturated heterocycles. The average molecular weight is 479 g/mol. The third kappa shape index (κ3) is 4.10. The lowest BCUT2D eigenvalue weighted by molar-refractivity contribution is -0.137. The molecule has 0 radical (unpaired) electrons. The lowest BCUT2D eigenvalue weighted by Crippen LogP contribution is -2.63. The van der Waals surface area contributed by atoms with Crippen LogP contribution < -0.4 is 5.32 Å². The number of nitrogens with zero attached hydrogens (tertiary/aromatic N) is 1. The molecule has 4 nitrogen and oxygen atoms in total. The largest absolute Gasteiger partial charge is 0.416 e. The van der Waals surface area contributed by atoms with Crippen molar-refractivity contribution in [1.82, 2.24) is 9.62 Å². The van der Waals surface area contributed by atoms with Crippen LogP contribution >= 0.6 is 0 Å². The lowest BCUT2D eigenvalue weighted by atomic mass is 9.63. The van der Waals surface area contributed by atoms with Crippen molar-refractivity contribution in [3.05, 3.63) is 70.8 Å². The molecule has 8 heteroatoms. The van der Waals surface area contributed by atoms with Crippen LogP contribution in [0.2, 0.25) is 0 Å². The molecule has 33 heavy (non-hydrogen) atoms. The first kappa shape index (κ1) is 22.9. The smallest absolute Gasteiger partial charge is 0.316 e. The summed E-state index contributed by atoms with van der Waals surface area (Å²) in [5.41, 5.74) is 1.82. The Morgan fingerprint density at radius 3 is 2.48 bits per heavy atom. The van der Waals surface area contributed by atoms with Gasteiger partial charge >= 0.3 is 6.18 Å². The molecule has 3 aliphatic rings. The van der Waals surface area contributed by atoms with Crippen LogP contribution in [0.1, 0.15) is 35.1 Å². The van der Waals surface area contributed by atoms with Crippen molar-refractivity contribution in [2.75, 3.05) is 25.9 Å². The van der Waals surface area contributed by atoms with E-state index in [9.17, 15) is 21.6 Å². The van der Waals surface area contributed by atoms with Crippen molar-refractivity contribution in [1.29, 1.82) is 0 Å². The maximum absolute atomic E-state index is 13.4. The number of halogens is 3. The minimum atomic E-state index is -4.40. The number of sulfonamides is 1. The molecule has 2 unspecified atom stereocenters. The van der Waals surface area contributed by atoms with E-state index in [1.807, 2.05) is 19.2 Å². The van der Waals surface area contributed by atoms with Gasteiger partial charge in [-0.05, 0) is 67.3 Å². The average Bonchev–Trinajstić information content (AvgIpc) is 3.47. The van der Waals surface area contributed by atoms with Crippen LogP contribution in [0.4, 0.5) is 13.2 Å². The van der Waals surface area contributed by atoms with Crippen LogP contribution in [0.3, 0.4) is 0 Å². The molecule has 2 aromatic carbocycles. The summed E-state index contributed by atoms with van der Waals surface area (Å²) < 4.78 is 67.4. The standard InChI is InChI=1S/C25H29F3N2O2S/c1-29-23-12-19-6-2-3-8-22(19)24(23,13-18-5-4-7-20(11-18)25(26,27)28)21-14-30(15-21)33(31,32)16-17-9-10-17/h2-8,11,17,21,23,29H,9-10,12-16H2,1H3. The van der Waals surface area contributed by atoms with Gasteiger partial charge in [0.05, 0.1) is 11.3 Å². The van der Waals surface area contributed by atoms with Gasteiger partial charge in [-0.25, -0.2) is 12.7 Å². The second kappa shape index (κ2) is 8.10. The van der Waals surface area contributed by atoms with Gasteiger partial charge in [0.15, 0.2) is 0 Å². The van der Waals surface area contributed by atoms with Crippen molar-refractivity contribution in [2.45, 2.75) is 43.3 Å². The second-order valence-electron chi connectivity index (χ2n) is 9.85. The Morgan fingerprint density at radius 1 is 1.09 bits per heavy atom. The van der Waals surface area contributed by atoms with E-state index in [1.54, 1.807) is 10.4 Å². The van der Waals surface area contributed by atoms with Gasteiger partial charge in [-0.2, -0.15) is 13.2 Å². The summed E-state index contributed by atoms with van der Waals surface area (Å²) in [6, 6.07) is 13.7. The number of benzene rings is 2. The highest BCUT2D eigenvalue weighted by Gasteiger charge is 2.56. The van der Waals surface area contributed by atoms with Gasteiger partial charge in [0, 0.05) is 24.5 Å². The Labute approximate surface area is 193 Å². The van der Waals surface area contributed by atoms with Crippen molar-refractivity contribution in [2.24, 2.45) is 11.8 Å². The normalized spacial score (nSPS) is 26.2. The summed E-state index contributed by atoms with van der Waals surface area (Å²) in [5, 5.41) is 3.42. The molecule has 2 atom stereocenters. The molecule has 0 amide bonds. The lowest BCUT2D eigenvalue weighted by Gasteiger charge is -2.52. The Morgan fingerprint density at radius 2 is 1.82 bits per heavy atom.